The zero-order chi connectivity index (χ0) is 10.7. The lowest BCUT2D eigenvalue weighted by Gasteiger charge is -1.94. The van der Waals surface area contributed by atoms with Crippen LogP contribution >= 0.6 is 11.3 Å². The standard InChI is InChI=1S/C11H10N2OS/c1-8(14)10-7-13-11(15-10)6-9-4-2-3-5-12-9/h2-5,7H,6H2,1H3. The largest absolute Gasteiger partial charge is 0.294 e. The first-order valence-corrected chi connectivity index (χ1v) is 5.43. The summed E-state index contributed by atoms with van der Waals surface area (Å²) in [6.07, 6.45) is 4.08. The lowest BCUT2D eigenvalue weighted by atomic mass is 10.3. The number of nitrogens with zero attached hydrogens (tertiary/aromatic N) is 2. The van der Waals surface area contributed by atoms with Crippen molar-refractivity contribution in [2.24, 2.45) is 0 Å². The molecule has 0 saturated carbocycles. The monoisotopic (exact) mass is 218 g/mol. The summed E-state index contributed by atoms with van der Waals surface area (Å²) in [7, 11) is 0. The summed E-state index contributed by atoms with van der Waals surface area (Å²) in [5, 5.41) is 0.930. The van der Waals surface area contributed by atoms with E-state index in [9.17, 15) is 4.79 Å². The first-order valence-electron chi connectivity index (χ1n) is 4.61. The first kappa shape index (κ1) is 9.98. The number of carbonyl (C=O) groups excluding carboxylic acids is 1. The molecule has 2 aromatic heterocycles. The fraction of sp³-hybridized carbons (Fsp3) is 0.182. The third kappa shape index (κ3) is 2.47. The number of aromatic nitrogens is 2. The summed E-state index contributed by atoms with van der Waals surface area (Å²) < 4.78 is 0. The molecule has 15 heavy (non-hydrogen) atoms. The summed E-state index contributed by atoms with van der Waals surface area (Å²) in [5.41, 5.74) is 0.974. The predicted molar refractivity (Wildman–Crippen MR) is 59.2 cm³/mol. The highest BCUT2D eigenvalue weighted by molar-refractivity contribution is 7.13. The van der Waals surface area contributed by atoms with Gasteiger partial charge in [0, 0.05) is 31.4 Å². The minimum absolute atomic E-state index is 0.0692. The van der Waals surface area contributed by atoms with Crippen molar-refractivity contribution < 1.29 is 4.79 Å². The van der Waals surface area contributed by atoms with Gasteiger partial charge in [-0.2, -0.15) is 0 Å². The minimum atomic E-state index is 0.0692. The average molecular weight is 218 g/mol. The van der Waals surface area contributed by atoms with Gasteiger partial charge in [-0.1, -0.05) is 6.07 Å². The van der Waals surface area contributed by atoms with Crippen LogP contribution in [0.5, 0.6) is 0 Å². The van der Waals surface area contributed by atoms with Crippen molar-refractivity contribution in [2.75, 3.05) is 0 Å². The van der Waals surface area contributed by atoms with E-state index in [4.69, 9.17) is 0 Å². The molecule has 2 rings (SSSR count). The van der Waals surface area contributed by atoms with Crippen molar-refractivity contribution in [3.8, 4) is 0 Å². The highest BCUT2D eigenvalue weighted by atomic mass is 32.1. The van der Waals surface area contributed by atoms with E-state index in [0.717, 1.165) is 10.7 Å². The Morgan fingerprint density at radius 3 is 2.87 bits per heavy atom. The molecule has 4 heteroatoms. The molecule has 0 aromatic carbocycles. The Bertz CT molecular complexity index is 464. The van der Waals surface area contributed by atoms with Crippen LogP contribution in [0.2, 0.25) is 0 Å². The number of hydrogen-bond acceptors (Lipinski definition) is 4. The second-order valence-corrected chi connectivity index (χ2v) is 4.29. The van der Waals surface area contributed by atoms with Crippen LogP contribution in [-0.2, 0) is 6.42 Å². The van der Waals surface area contributed by atoms with Gasteiger partial charge in [-0.05, 0) is 12.1 Å². The van der Waals surface area contributed by atoms with Crippen molar-refractivity contribution >= 4 is 17.1 Å². The molecule has 0 unspecified atom stereocenters. The summed E-state index contributed by atoms with van der Waals surface area (Å²) in [4.78, 5) is 20.2. The van der Waals surface area contributed by atoms with Gasteiger partial charge in [0.1, 0.15) is 0 Å². The second-order valence-electron chi connectivity index (χ2n) is 3.17. The van der Waals surface area contributed by atoms with Crippen molar-refractivity contribution in [3.63, 3.8) is 0 Å². The summed E-state index contributed by atoms with van der Waals surface area (Å²) in [5.74, 6) is 0.0692. The van der Waals surface area contributed by atoms with Gasteiger partial charge in [0.25, 0.3) is 0 Å². The molecule has 0 aliphatic rings. The van der Waals surface area contributed by atoms with Gasteiger partial charge in [0.2, 0.25) is 0 Å². The van der Waals surface area contributed by atoms with E-state index < -0.39 is 0 Å². The van der Waals surface area contributed by atoms with Gasteiger partial charge in [0.15, 0.2) is 5.78 Å². The van der Waals surface area contributed by atoms with Crippen LogP contribution in [0, 0.1) is 0 Å². The Balaban J connectivity index is 2.15. The quantitative estimate of drug-likeness (QED) is 0.742. The number of Topliss-reactive ketones (excluding diaryl/α,β-unsaturated/α-hetero) is 1. The molecule has 0 radical (unpaired) electrons. The molecular formula is C11H10N2OS. The summed E-state index contributed by atoms with van der Waals surface area (Å²) in [6.45, 7) is 1.55. The SMILES string of the molecule is CC(=O)c1cnc(Cc2ccccn2)s1. The number of hydrogen-bond donors (Lipinski definition) is 0. The van der Waals surface area contributed by atoms with Crippen LogP contribution in [0.25, 0.3) is 0 Å². The van der Waals surface area contributed by atoms with Gasteiger partial charge < -0.3 is 0 Å². The van der Waals surface area contributed by atoms with Gasteiger partial charge in [-0.15, -0.1) is 11.3 Å². The molecule has 2 aromatic rings. The number of ketones is 1. The van der Waals surface area contributed by atoms with E-state index in [1.807, 2.05) is 18.2 Å². The molecule has 0 saturated heterocycles. The Kier molecular flexibility index (Phi) is 2.87. The van der Waals surface area contributed by atoms with Crippen LogP contribution in [0.4, 0.5) is 0 Å². The van der Waals surface area contributed by atoms with Crippen molar-refractivity contribution in [3.05, 3.63) is 46.2 Å². The molecule has 0 bridgehead atoms. The molecule has 3 nitrogen and oxygen atoms in total. The molecule has 0 amide bonds. The maximum absolute atomic E-state index is 11.1. The maximum Gasteiger partial charge on any atom is 0.171 e. The fourth-order valence-electron chi connectivity index (χ4n) is 1.21. The topological polar surface area (TPSA) is 42.9 Å². The second kappa shape index (κ2) is 4.31. The molecule has 0 aliphatic carbocycles. The van der Waals surface area contributed by atoms with E-state index in [0.29, 0.717) is 11.3 Å². The minimum Gasteiger partial charge on any atom is -0.294 e. The number of carbonyl (C=O) groups is 1. The third-order valence-corrected chi connectivity index (χ3v) is 3.06. The maximum atomic E-state index is 11.1. The fourth-order valence-corrected chi connectivity index (χ4v) is 2.04. The highest BCUT2D eigenvalue weighted by Crippen LogP contribution is 2.16. The lowest BCUT2D eigenvalue weighted by Crippen LogP contribution is -1.89. The van der Waals surface area contributed by atoms with E-state index >= 15 is 0 Å². The average Bonchev–Trinajstić information content (AvgIpc) is 2.68. The molecule has 2 heterocycles. The van der Waals surface area contributed by atoms with Crippen LogP contribution in [0.3, 0.4) is 0 Å². The zero-order valence-corrected chi connectivity index (χ0v) is 9.12. The van der Waals surface area contributed by atoms with Crippen molar-refractivity contribution in [1.29, 1.82) is 0 Å². The first-order chi connectivity index (χ1) is 7.25. The zero-order valence-electron chi connectivity index (χ0n) is 8.30. The molecule has 76 valence electrons. The summed E-state index contributed by atoms with van der Waals surface area (Å²) >= 11 is 1.44. The normalized spacial score (nSPS) is 10.2. The molecule has 0 spiro atoms. The van der Waals surface area contributed by atoms with Gasteiger partial charge in [0.05, 0.1) is 9.88 Å². The van der Waals surface area contributed by atoms with Gasteiger partial charge in [-0.3, -0.25) is 9.78 Å². The predicted octanol–water partition coefficient (Wildman–Crippen LogP) is 2.33. The van der Waals surface area contributed by atoms with Gasteiger partial charge in [-0.25, -0.2) is 4.98 Å². The van der Waals surface area contributed by atoms with E-state index in [-0.39, 0.29) is 5.78 Å². The molecule has 0 N–H and O–H groups in total. The van der Waals surface area contributed by atoms with E-state index in [1.54, 1.807) is 19.3 Å². The van der Waals surface area contributed by atoms with E-state index in [2.05, 4.69) is 9.97 Å². The number of rotatable bonds is 3. The van der Waals surface area contributed by atoms with Crippen molar-refractivity contribution in [1.82, 2.24) is 9.97 Å². The van der Waals surface area contributed by atoms with Crippen LogP contribution in [0.1, 0.15) is 27.3 Å². The number of pyridine rings is 1. The third-order valence-electron chi connectivity index (χ3n) is 1.96. The Morgan fingerprint density at radius 1 is 1.40 bits per heavy atom. The molecular weight excluding hydrogens is 208 g/mol. The Morgan fingerprint density at radius 2 is 2.27 bits per heavy atom. The molecule has 0 aliphatic heterocycles. The summed E-state index contributed by atoms with van der Waals surface area (Å²) in [6, 6.07) is 5.78. The van der Waals surface area contributed by atoms with E-state index in [1.165, 1.54) is 11.3 Å². The highest BCUT2D eigenvalue weighted by Gasteiger charge is 2.06. The molecule has 0 fully saturated rings. The smallest absolute Gasteiger partial charge is 0.171 e. The number of thiazole rings is 1. The van der Waals surface area contributed by atoms with Crippen molar-refractivity contribution in [2.45, 2.75) is 13.3 Å². The van der Waals surface area contributed by atoms with Crippen LogP contribution < -0.4 is 0 Å². The Labute approximate surface area is 91.8 Å². The molecule has 0 atom stereocenters. The van der Waals surface area contributed by atoms with Gasteiger partial charge >= 0.3 is 0 Å². The lowest BCUT2D eigenvalue weighted by molar-refractivity contribution is 0.102. The van der Waals surface area contributed by atoms with Crippen LogP contribution in [0.15, 0.2) is 30.6 Å². The Hall–Kier alpha value is -1.55. The van der Waals surface area contributed by atoms with Crippen LogP contribution in [-0.4, -0.2) is 15.8 Å².